The van der Waals surface area contributed by atoms with E-state index in [0.29, 0.717) is 11.5 Å². The van der Waals surface area contributed by atoms with Crippen LogP contribution < -0.4 is 10.6 Å². The number of rotatable bonds is 4. The van der Waals surface area contributed by atoms with Crippen LogP contribution in [0.25, 0.3) is 0 Å². The van der Waals surface area contributed by atoms with Gasteiger partial charge in [-0.05, 0) is 20.8 Å². The molecule has 88 valence electrons. The van der Waals surface area contributed by atoms with E-state index in [1.54, 1.807) is 6.20 Å². The number of hydrogen-bond acceptors (Lipinski definition) is 5. The molecule has 6 heteroatoms. The highest BCUT2D eigenvalue weighted by molar-refractivity contribution is 5.99. The molecule has 0 atom stereocenters. The predicted molar refractivity (Wildman–Crippen MR) is 62.7 cm³/mol. The highest BCUT2D eigenvalue weighted by Gasteiger charge is 2.17. The lowest BCUT2D eigenvalue weighted by Gasteiger charge is -2.27. The first-order valence-electron chi connectivity index (χ1n) is 5.17. The molecule has 3 N–H and O–H groups in total. The first-order valence-corrected chi connectivity index (χ1v) is 5.17. The molecule has 0 aromatic carbocycles. The van der Waals surface area contributed by atoms with Gasteiger partial charge < -0.3 is 15.8 Å². The van der Waals surface area contributed by atoms with E-state index in [2.05, 4.69) is 15.1 Å². The van der Waals surface area contributed by atoms with Crippen molar-refractivity contribution < 1.29 is 5.21 Å². The third kappa shape index (κ3) is 2.39. The monoisotopic (exact) mass is 223 g/mol. The second kappa shape index (κ2) is 5.29. The SMILES string of the molecule is CCN(c1nccnc1C(N)=NO)C(C)C. The molecule has 0 bridgehead atoms. The van der Waals surface area contributed by atoms with Gasteiger partial charge in [0.25, 0.3) is 0 Å². The standard InChI is InChI=1S/C10H17N5O/c1-4-15(7(2)3)10-8(9(11)14-16)12-5-6-13-10/h5-7,16H,4H2,1-3H3,(H2,11,14). The van der Waals surface area contributed by atoms with Gasteiger partial charge in [-0.1, -0.05) is 5.16 Å². The lowest BCUT2D eigenvalue weighted by molar-refractivity contribution is 0.318. The molecule has 0 spiro atoms. The molecule has 1 aromatic heterocycles. The molecule has 16 heavy (non-hydrogen) atoms. The average molecular weight is 223 g/mol. The van der Waals surface area contributed by atoms with Crippen LogP contribution in [0.15, 0.2) is 17.5 Å². The van der Waals surface area contributed by atoms with E-state index in [0.717, 1.165) is 6.54 Å². The summed E-state index contributed by atoms with van der Waals surface area (Å²) in [4.78, 5) is 10.3. The minimum Gasteiger partial charge on any atom is -0.409 e. The van der Waals surface area contributed by atoms with Gasteiger partial charge in [-0.25, -0.2) is 9.97 Å². The molecule has 0 aliphatic carbocycles. The van der Waals surface area contributed by atoms with E-state index in [9.17, 15) is 0 Å². The van der Waals surface area contributed by atoms with Gasteiger partial charge in [0, 0.05) is 25.0 Å². The number of anilines is 1. The fraction of sp³-hybridized carbons (Fsp3) is 0.500. The van der Waals surface area contributed by atoms with Crippen LogP contribution in [0.1, 0.15) is 26.5 Å². The maximum atomic E-state index is 8.68. The van der Waals surface area contributed by atoms with E-state index in [-0.39, 0.29) is 11.9 Å². The van der Waals surface area contributed by atoms with Gasteiger partial charge in [0.15, 0.2) is 17.3 Å². The summed E-state index contributed by atoms with van der Waals surface area (Å²) >= 11 is 0. The second-order valence-electron chi connectivity index (χ2n) is 3.59. The third-order valence-electron chi connectivity index (χ3n) is 2.27. The van der Waals surface area contributed by atoms with Crippen molar-refractivity contribution in [3.63, 3.8) is 0 Å². The van der Waals surface area contributed by atoms with Crippen LogP contribution in [0.4, 0.5) is 5.82 Å². The summed E-state index contributed by atoms with van der Waals surface area (Å²) < 4.78 is 0. The Morgan fingerprint density at radius 2 is 2.12 bits per heavy atom. The van der Waals surface area contributed by atoms with Crippen molar-refractivity contribution >= 4 is 11.7 Å². The Bertz CT molecular complexity index is 377. The largest absolute Gasteiger partial charge is 0.409 e. The van der Waals surface area contributed by atoms with Crippen LogP contribution in [0.2, 0.25) is 0 Å². The van der Waals surface area contributed by atoms with Gasteiger partial charge in [0.05, 0.1) is 0 Å². The molecule has 0 aliphatic rings. The normalized spacial score (nSPS) is 11.9. The Hall–Kier alpha value is -1.85. The molecule has 0 fully saturated rings. The zero-order valence-corrected chi connectivity index (χ0v) is 9.75. The maximum absolute atomic E-state index is 8.68. The summed E-state index contributed by atoms with van der Waals surface area (Å²) in [5.41, 5.74) is 5.96. The summed E-state index contributed by atoms with van der Waals surface area (Å²) in [6, 6.07) is 0.270. The van der Waals surface area contributed by atoms with Crippen LogP contribution in [0.3, 0.4) is 0 Å². The summed E-state index contributed by atoms with van der Waals surface area (Å²) in [5, 5.41) is 11.6. The van der Waals surface area contributed by atoms with Gasteiger partial charge in [-0.3, -0.25) is 0 Å². The number of oxime groups is 1. The fourth-order valence-electron chi connectivity index (χ4n) is 1.53. The molecule has 0 aliphatic heterocycles. The third-order valence-corrected chi connectivity index (χ3v) is 2.27. The van der Waals surface area contributed by atoms with Crippen molar-refractivity contribution in [2.75, 3.05) is 11.4 Å². The van der Waals surface area contributed by atoms with E-state index in [1.807, 2.05) is 25.7 Å². The van der Waals surface area contributed by atoms with Crippen molar-refractivity contribution in [1.82, 2.24) is 9.97 Å². The summed E-state index contributed by atoms with van der Waals surface area (Å²) in [5.74, 6) is 0.609. The van der Waals surface area contributed by atoms with E-state index >= 15 is 0 Å². The molecule has 0 saturated carbocycles. The van der Waals surface area contributed by atoms with E-state index in [1.165, 1.54) is 6.20 Å². The maximum Gasteiger partial charge on any atom is 0.192 e. The Morgan fingerprint density at radius 3 is 2.62 bits per heavy atom. The van der Waals surface area contributed by atoms with Gasteiger partial charge >= 0.3 is 0 Å². The van der Waals surface area contributed by atoms with Crippen molar-refractivity contribution in [3.8, 4) is 0 Å². The Labute approximate surface area is 94.8 Å². The molecule has 1 rings (SSSR count). The number of hydrogen-bond donors (Lipinski definition) is 2. The molecule has 1 aromatic rings. The lowest BCUT2D eigenvalue weighted by Crippen LogP contribution is -2.34. The highest BCUT2D eigenvalue weighted by Crippen LogP contribution is 2.16. The van der Waals surface area contributed by atoms with Crippen LogP contribution in [0, 0.1) is 0 Å². The van der Waals surface area contributed by atoms with E-state index < -0.39 is 0 Å². The van der Waals surface area contributed by atoms with E-state index in [4.69, 9.17) is 10.9 Å². The molecule has 0 amide bonds. The van der Waals surface area contributed by atoms with Gasteiger partial charge in [0.2, 0.25) is 0 Å². The van der Waals surface area contributed by atoms with Crippen LogP contribution in [-0.2, 0) is 0 Å². The Kier molecular flexibility index (Phi) is 4.04. The molecule has 6 nitrogen and oxygen atoms in total. The molecule has 0 unspecified atom stereocenters. The van der Waals surface area contributed by atoms with Gasteiger partial charge in [-0.15, -0.1) is 0 Å². The first-order chi connectivity index (χ1) is 7.61. The number of nitrogens with two attached hydrogens (primary N) is 1. The molecular formula is C10H17N5O. The zero-order chi connectivity index (χ0) is 12.1. The van der Waals surface area contributed by atoms with Crippen molar-refractivity contribution in [2.45, 2.75) is 26.8 Å². The molecule has 1 heterocycles. The van der Waals surface area contributed by atoms with Gasteiger partial charge in [-0.2, -0.15) is 0 Å². The van der Waals surface area contributed by atoms with Crippen molar-refractivity contribution in [3.05, 3.63) is 18.1 Å². The highest BCUT2D eigenvalue weighted by atomic mass is 16.4. The second-order valence-corrected chi connectivity index (χ2v) is 3.59. The minimum absolute atomic E-state index is 0.0257. The topological polar surface area (TPSA) is 87.6 Å². The lowest BCUT2D eigenvalue weighted by atomic mass is 10.2. The van der Waals surface area contributed by atoms with Gasteiger partial charge in [0.1, 0.15) is 0 Å². The fourth-order valence-corrected chi connectivity index (χ4v) is 1.53. The summed E-state index contributed by atoms with van der Waals surface area (Å²) in [6.07, 6.45) is 3.11. The Morgan fingerprint density at radius 1 is 1.50 bits per heavy atom. The minimum atomic E-state index is -0.0257. The predicted octanol–water partition coefficient (Wildman–Crippen LogP) is 0.806. The van der Waals surface area contributed by atoms with Crippen LogP contribution in [-0.4, -0.2) is 33.6 Å². The number of amidine groups is 1. The number of nitrogens with zero attached hydrogens (tertiary/aromatic N) is 4. The smallest absolute Gasteiger partial charge is 0.192 e. The quantitative estimate of drug-likeness (QED) is 0.341. The molecule has 0 radical (unpaired) electrons. The summed E-state index contributed by atoms with van der Waals surface area (Å²) in [6.45, 7) is 6.90. The average Bonchev–Trinajstić information content (AvgIpc) is 2.29. The van der Waals surface area contributed by atoms with Crippen molar-refractivity contribution in [1.29, 1.82) is 0 Å². The summed E-state index contributed by atoms with van der Waals surface area (Å²) in [7, 11) is 0. The first kappa shape index (κ1) is 12.2. The van der Waals surface area contributed by atoms with Crippen LogP contribution in [0.5, 0.6) is 0 Å². The zero-order valence-electron chi connectivity index (χ0n) is 9.75. The van der Waals surface area contributed by atoms with Crippen molar-refractivity contribution in [2.24, 2.45) is 10.9 Å². The molecular weight excluding hydrogens is 206 g/mol. The molecule has 0 saturated heterocycles. The Balaban J connectivity index is 3.21. The number of aromatic nitrogens is 2. The van der Waals surface area contributed by atoms with Crippen LogP contribution >= 0.6 is 0 Å².